The van der Waals surface area contributed by atoms with Crippen molar-refractivity contribution in [3.63, 3.8) is 0 Å². The summed E-state index contributed by atoms with van der Waals surface area (Å²) in [4.78, 5) is 26.0. The van der Waals surface area contributed by atoms with Crippen molar-refractivity contribution in [3.8, 4) is 11.5 Å². The summed E-state index contributed by atoms with van der Waals surface area (Å²) in [6.45, 7) is 1.30. The third-order valence-corrected chi connectivity index (χ3v) is 4.65. The summed E-state index contributed by atoms with van der Waals surface area (Å²) in [5, 5.41) is 2.73. The van der Waals surface area contributed by atoms with E-state index in [4.69, 9.17) is 4.74 Å². The molecule has 154 valence electrons. The lowest BCUT2D eigenvalue weighted by Gasteiger charge is -2.29. The van der Waals surface area contributed by atoms with Crippen LogP contribution < -0.4 is 19.7 Å². The Morgan fingerprint density at radius 2 is 1.97 bits per heavy atom. The standard InChI is InChI=1S/C19H16BrF3N2O4/c1-11(12-2-5-14(6-3-12)29-19(21,22)23)24-17(26)9-25-15-7-4-13(20)8-16(15)28-10-18(25)27/h2-8,11H,9-10H2,1H3,(H,24,26). The Morgan fingerprint density at radius 1 is 1.28 bits per heavy atom. The molecule has 2 amide bonds. The molecule has 0 saturated carbocycles. The van der Waals surface area contributed by atoms with E-state index >= 15 is 0 Å². The highest BCUT2D eigenvalue weighted by atomic mass is 79.9. The van der Waals surface area contributed by atoms with Crippen LogP contribution in [0, 0.1) is 0 Å². The number of nitrogens with one attached hydrogen (secondary N) is 1. The zero-order chi connectivity index (χ0) is 21.2. The highest BCUT2D eigenvalue weighted by Gasteiger charge is 2.31. The summed E-state index contributed by atoms with van der Waals surface area (Å²) < 4.78 is 46.7. The summed E-state index contributed by atoms with van der Waals surface area (Å²) in [5.41, 5.74) is 1.08. The molecule has 6 nitrogen and oxygen atoms in total. The number of carbonyl (C=O) groups is 2. The lowest BCUT2D eigenvalue weighted by Crippen LogP contribution is -2.45. The Kier molecular flexibility index (Phi) is 6.02. The number of rotatable bonds is 5. The minimum atomic E-state index is -4.77. The maximum absolute atomic E-state index is 12.4. The molecule has 0 saturated heterocycles. The van der Waals surface area contributed by atoms with E-state index in [0.29, 0.717) is 17.0 Å². The van der Waals surface area contributed by atoms with Gasteiger partial charge in [-0.25, -0.2) is 0 Å². The van der Waals surface area contributed by atoms with Gasteiger partial charge in [0.05, 0.1) is 11.7 Å². The Morgan fingerprint density at radius 3 is 2.62 bits per heavy atom. The second kappa shape index (κ2) is 8.32. The predicted octanol–water partition coefficient (Wildman–Crippen LogP) is 3.95. The van der Waals surface area contributed by atoms with Crippen LogP contribution in [0.3, 0.4) is 0 Å². The molecular formula is C19H16BrF3N2O4. The Hall–Kier alpha value is -2.75. The van der Waals surface area contributed by atoms with Crippen molar-refractivity contribution in [2.24, 2.45) is 0 Å². The smallest absolute Gasteiger partial charge is 0.482 e. The second-order valence-electron chi connectivity index (χ2n) is 6.29. The third-order valence-electron chi connectivity index (χ3n) is 4.16. The van der Waals surface area contributed by atoms with Crippen molar-refractivity contribution in [2.45, 2.75) is 19.3 Å². The number of hydrogen-bond donors (Lipinski definition) is 1. The zero-order valence-corrected chi connectivity index (χ0v) is 16.7. The summed E-state index contributed by atoms with van der Waals surface area (Å²) in [6, 6.07) is 9.84. The number of halogens is 4. The lowest BCUT2D eigenvalue weighted by molar-refractivity contribution is -0.274. The lowest BCUT2D eigenvalue weighted by atomic mass is 10.1. The van der Waals surface area contributed by atoms with Crippen LogP contribution in [-0.2, 0) is 9.59 Å². The highest BCUT2D eigenvalue weighted by Crippen LogP contribution is 2.34. The molecule has 1 aliphatic heterocycles. The van der Waals surface area contributed by atoms with E-state index in [2.05, 4.69) is 26.0 Å². The fourth-order valence-corrected chi connectivity index (χ4v) is 3.16. The van der Waals surface area contributed by atoms with E-state index in [9.17, 15) is 22.8 Å². The van der Waals surface area contributed by atoms with Gasteiger partial charge in [-0.15, -0.1) is 13.2 Å². The van der Waals surface area contributed by atoms with Gasteiger partial charge in [-0.1, -0.05) is 28.1 Å². The molecule has 0 radical (unpaired) electrons. The number of hydrogen-bond acceptors (Lipinski definition) is 4. The maximum atomic E-state index is 12.4. The molecule has 1 aliphatic rings. The van der Waals surface area contributed by atoms with Crippen LogP contribution >= 0.6 is 15.9 Å². The maximum Gasteiger partial charge on any atom is 0.573 e. The van der Waals surface area contributed by atoms with E-state index in [-0.39, 0.29) is 24.8 Å². The van der Waals surface area contributed by atoms with Gasteiger partial charge < -0.3 is 14.8 Å². The molecule has 1 heterocycles. The minimum absolute atomic E-state index is 0.174. The van der Waals surface area contributed by atoms with Crippen LogP contribution in [0.4, 0.5) is 18.9 Å². The first-order chi connectivity index (χ1) is 13.6. The predicted molar refractivity (Wildman–Crippen MR) is 102 cm³/mol. The SMILES string of the molecule is CC(NC(=O)CN1C(=O)COc2cc(Br)ccc21)c1ccc(OC(F)(F)F)cc1. The highest BCUT2D eigenvalue weighted by molar-refractivity contribution is 9.10. The average Bonchev–Trinajstić information content (AvgIpc) is 2.63. The van der Waals surface area contributed by atoms with Gasteiger partial charge in [0.1, 0.15) is 18.0 Å². The fraction of sp³-hybridized carbons (Fsp3) is 0.263. The quantitative estimate of drug-likeness (QED) is 0.715. The van der Waals surface area contributed by atoms with Gasteiger partial charge >= 0.3 is 6.36 Å². The first kappa shape index (κ1) is 21.0. The molecule has 3 rings (SSSR count). The zero-order valence-electron chi connectivity index (χ0n) is 15.1. The molecule has 0 spiro atoms. The Bertz CT molecular complexity index is 919. The summed E-state index contributed by atoms with van der Waals surface area (Å²) >= 11 is 3.32. The first-order valence-electron chi connectivity index (χ1n) is 8.50. The number of anilines is 1. The summed E-state index contributed by atoms with van der Waals surface area (Å²) in [6.07, 6.45) is -4.77. The van der Waals surface area contributed by atoms with E-state index in [1.54, 1.807) is 25.1 Å². The molecule has 29 heavy (non-hydrogen) atoms. The number of amides is 2. The largest absolute Gasteiger partial charge is 0.573 e. The van der Waals surface area contributed by atoms with E-state index in [1.165, 1.54) is 29.2 Å². The van der Waals surface area contributed by atoms with Gasteiger partial charge in [0.2, 0.25) is 5.91 Å². The van der Waals surface area contributed by atoms with Crippen LogP contribution in [0.15, 0.2) is 46.9 Å². The van der Waals surface area contributed by atoms with E-state index in [0.717, 1.165) is 4.47 Å². The van der Waals surface area contributed by atoms with Gasteiger partial charge in [0.15, 0.2) is 6.61 Å². The van der Waals surface area contributed by atoms with E-state index in [1.807, 2.05) is 0 Å². The van der Waals surface area contributed by atoms with Crippen LogP contribution in [-0.4, -0.2) is 31.3 Å². The third kappa shape index (κ3) is 5.41. The number of benzene rings is 2. The van der Waals surface area contributed by atoms with E-state index < -0.39 is 18.3 Å². The fourth-order valence-electron chi connectivity index (χ4n) is 2.82. The number of ether oxygens (including phenoxy) is 2. The van der Waals surface area contributed by atoms with Crippen LogP contribution in [0.1, 0.15) is 18.5 Å². The Balaban J connectivity index is 1.64. The molecule has 1 unspecified atom stereocenters. The molecule has 10 heteroatoms. The number of carbonyl (C=O) groups excluding carboxylic acids is 2. The monoisotopic (exact) mass is 472 g/mol. The van der Waals surface area contributed by atoms with Crippen molar-refractivity contribution < 1.29 is 32.2 Å². The average molecular weight is 473 g/mol. The summed E-state index contributed by atoms with van der Waals surface area (Å²) in [5.74, 6) is -0.630. The number of nitrogens with zero attached hydrogens (tertiary/aromatic N) is 1. The minimum Gasteiger partial charge on any atom is -0.482 e. The van der Waals surface area contributed by atoms with Gasteiger partial charge in [0.25, 0.3) is 5.91 Å². The molecule has 0 aromatic heterocycles. The van der Waals surface area contributed by atoms with Gasteiger partial charge in [-0.05, 0) is 42.8 Å². The topological polar surface area (TPSA) is 67.9 Å². The number of alkyl halides is 3. The molecule has 1 N–H and O–H groups in total. The second-order valence-corrected chi connectivity index (χ2v) is 7.20. The van der Waals surface area contributed by atoms with Crippen LogP contribution in [0.25, 0.3) is 0 Å². The van der Waals surface area contributed by atoms with Gasteiger partial charge in [-0.2, -0.15) is 0 Å². The Labute approximate surface area is 172 Å². The first-order valence-corrected chi connectivity index (χ1v) is 9.29. The normalized spacial score (nSPS) is 14.7. The summed E-state index contributed by atoms with van der Waals surface area (Å²) in [7, 11) is 0. The molecule has 2 aromatic carbocycles. The van der Waals surface area contributed by atoms with Crippen molar-refractivity contribution >= 4 is 33.4 Å². The van der Waals surface area contributed by atoms with Gasteiger partial charge in [-0.3, -0.25) is 14.5 Å². The van der Waals surface area contributed by atoms with Crippen molar-refractivity contribution in [3.05, 3.63) is 52.5 Å². The van der Waals surface area contributed by atoms with Crippen LogP contribution in [0.5, 0.6) is 11.5 Å². The molecule has 1 atom stereocenters. The molecule has 0 bridgehead atoms. The van der Waals surface area contributed by atoms with Crippen LogP contribution in [0.2, 0.25) is 0 Å². The molecule has 2 aromatic rings. The molecule has 0 aliphatic carbocycles. The van der Waals surface area contributed by atoms with Crippen molar-refractivity contribution in [1.82, 2.24) is 5.32 Å². The van der Waals surface area contributed by atoms with Gasteiger partial charge in [0, 0.05) is 4.47 Å². The number of fused-ring (bicyclic) bond motifs is 1. The van der Waals surface area contributed by atoms with Crippen molar-refractivity contribution in [1.29, 1.82) is 0 Å². The molecule has 0 fully saturated rings. The molecular weight excluding hydrogens is 457 g/mol. The van der Waals surface area contributed by atoms with Crippen molar-refractivity contribution in [2.75, 3.05) is 18.1 Å².